The molecule has 1 aromatic carbocycles. The van der Waals surface area contributed by atoms with E-state index in [4.69, 9.17) is 38.4 Å². The summed E-state index contributed by atoms with van der Waals surface area (Å²) in [5.74, 6) is -0.0974. The molecule has 24 heavy (non-hydrogen) atoms. The van der Waals surface area contributed by atoms with Gasteiger partial charge >= 0.3 is 6.09 Å². The summed E-state index contributed by atoms with van der Waals surface area (Å²) < 4.78 is 11.3. The number of hydrogen-bond donors (Lipinski definition) is 1. The van der Waals surface area contributed by atoms with Gasteiger partial charge in [-0.15, -0.1) is 0 Å². The predicted octanol–water partition coefficient (Wildman–Crippen LogP) is 3.67. The van der Waals surface area contributed by atoms with Crippen molar-refractivity contribution in [3.63, 3.8) is 0 Å². The summed E-state index contributed by atoms with van der Waals surface area (Å²) in [6.07, 6.45) is -0.552. The minimum absolute atomic E-state index is 0.0974. The fourth-order valence-electron chi connectivity index (χ4n) is 2.66. The number of rotatable bonds is 2. The normalized spacial score (nSPS) is 22.2. The molecular weight excluding hydrogens is 351 g/mol. The molecule has 1 heterocycles. The van der Waals surface area contributed by atoms with Crippen molar-refractivity contribution in [2.75, 3.05) is 26.2 Å². The Kier molecular flexibility index (Phi) is 6.37. The third-order valence-corrected chi connectivity index (χ3v) is 4.55. The molecule has 0 radical (unpaired) electrons. The van der Waals surface area contributed by atoms with E-state index < -0.39 is 5.60 Å². The highest BCUT2D eigenvalue weighted by molar-refractivity contribution is 6.42. The first-order chi connectivity index (χ1) is 11.2. The molecule has 1 aliphatic rings. The van der Waals surface area contributed by atoms with Crippen molar-refractivity contribution in [3.05, 3.63) is 33.8 Å². The maximum atomic E-state index is 12.4. The molecule has 0 bridgehead atoms. The number of ether oxygens (including phenoxy) is 2. The van der Waals surface area contributed by atoms with Crippen LogP contribution in [-0.2, 0) is 9.47 Å². The predicted molar refractivity (Wildman–Crippen MR) is 95.8 cm³/mol. The van der Waals surface area contributed by atoms with Crippen molar-refractivity contribution in [2.45, 2.75) is 38.4 Å². The molecule has 0 unspecified atom stereocenters. The summed E-state index contributed by atoms with van der Waals surface area (Å²) >= 11 is 12.1. The molecule has 1 amide bonds. The monoisotopic (exact) mass is 374 g/mol. The Hall–Kier alpha value is -1.01. The first kappa shape index (κ1) is 19.3. The van der Waals surface area contributed by atoms with Gasteiger partial charge in [0.25, 0.3) is 0 Å². The number of carbonyl (C=O) groups excluding carboxylic acids is 1. The molecule has 5 nitrogen and oxygen atoms in total. The van der Waals surface area contributed by atoms with Gasteiger partial charge < -0.3 is 20.1 Å². The highest BCUT2D eigenvalue weighted by atomic mass is 35.5. The van der Waals surface area contributed by atoms with E-state index in [0.29, 0.717) is 36.3 Å². The summed E-state index contributed by atoms with van der Waals surface area (Å²) in [6, 6.07) is 5.44. The topological polar surface area (TPSA) is 64.8 Å². The van der Waals surface area contributed by atoms with E-state index in [1.165, 1.54) is 0 Å². The van der Waals surface area contributed by atoms with E-state index in [-0.39, 0.29) is 18.1 Å². The van der Waals surface area contributed by atoms with Crippen molar-refractivity contribution in [2.24, 2.45) is 5.73 Å². The zero-order valence-corrected chi connectivity index (χ0v) is 15.7. The lowest BCUT2D eigenvalue weighted by atomic mass is 9.93. The number of nitrogens with two attached hydrogens (primary N) is 1. The second kappa shape index (κ2) is 7.91. The molecule has 7 heteroatoms. The number of benzene rings is 1. The van der Waals surface area contributed by atoms with Crippen molar-refractivity contribution < 1.29 is 14.3 Å². The smallest absolute Gasteiger partial charge is 0.410 e. The van der Waals surface area contributed by atoms with E-state index >= 15 is 0 Å². The van der Waals surface area contributed by atoms with Gasteiger partial charge in [0.2, 0.25) is 0 Å². The van der Waals surface area contributed by atoms with Crippen LogP contribution in [0, 0.1) is 0 Å². The Morgan fingerprint density at radius 2 is 2.08 bits per heavy atom. The van der Waals surface area contributed by atoms with Crippen LogP contribution in [0.1, 0.15) is 32.3 Å². The van der Waals surface area contributed by atoms with Crippen LogP contribution in [0.2, 0.25) is 10.0 Å². The van der Waals surface area contributed by atoms with Gasteiger partial charge in [0.15, 0.2) is 0 Å². The minimum atomic E-state index is -0.545. The Morgan fingerprint density at radius 1 is 1.38 bits per heavy atom. The lowest BCUT2D eigenvalue weighted by Crippen LogP contribution is -2.40. The number of nitrogens with zero attached hydrogens (tertiary/aromatic N) is 1. The van der Waals surface area contributed by atoms with Gasteiger partial charge in [0.05, 0.1) is 22.8 Å². The fraction of sp³-hybridized carbons (Fsp3) is 0.588. The fourth-order valence-corrected chi connectivity index (χ4v) is 2.97. The van der Waals surface area contributed by atoms with Gasteiger partial charge in [-0.25, -0.2) is 4.79 Å². The average molecular weight is 375 g/mol. The van der Waals surface area contributed by atoms with Gasteiger partial charge in [0.1, 0.15) is 5.60 Å². The lowest BCUT2D eigenvalue weighted by molar-refractivity contribution is 0.0233. The Balaban J connectivity index is 2.24. The average Bonchev–Trinajstić information content (AvgIpc) is 2.70. The summed E-state index contributed by atoms with van der Waals surface area (Å²) in [6.45, 7) is 7.22. The highest BCUT2D eigenvalue weighted by Gasteiger charge is 2.32. The molecule has 1 aromatic rings. The van der Waals surface area contributed by atoms with Crippen LogP contribution < -0.4 is 5.73 Å². The van der Waals surface area contributed by atoms with Crippen LogP contribution in [-0.4, -0.2) is 48.9 Å². The van der Waals surface area contributed by atoms with Crippen molar-refractivity contribution in [3.8, 4) is 0 Å². The molecule has 2 N–H and O–H groups in total. The van der Waals surface area contributed by atoms with Crippen LogP contribution in [0.5, 0.6) is 0 Å². The molecule has 1 saturated heterocycles. The maximum Gasteiger partial charge on any atom is 0.410 e. The zero-order chi connectivity index (χ0) is 17.9. The number of hydrogen-bond acceptors (Lipinski definition) is 4. The summed E-state index contributed by atoms with van der Waals surface area (Å²) in [4.78, 5) is 14.1. The molecule has 1 fully saturated rings. The first-order valence-electron chi connectivity index (χ1n) is 7.96. The van der Waals surface area contributed by atoms with Gasteiger partial charge in [-0.1, -0.05) is 29.3 Å². The molecule has 1 aliphatic heterocycles. The second-order valence-corrected chi connectivity index (χ2v) is 7.67. The van der Waals surface area contributed by atoms with E-state index in [9.17, 15) is 4.79 Å². The van der Waals surface area contributed by atoms with Crippen LogP contribution in [0.3, 0.4) is 0 Å². The third-order valence-electron chi connectivity index (χ3n) is 3.81. The molecule has 0 spiro atoms. The number of carbonyl (C=O) groups is 1. The van der Waals surface area contributed by atoms with Crippen LogP contribution in [0.25, 0.3) is 0 Å². The van der Waals surface area contributed by atoms with Gasteiger partial charge in [0, 0.05) is 25.6 Å². The molecule has 0 aromatic heterocycles. The SMILES string of the molecule is CC(C)(C)OC(=O)N1CCO[C@H](CN)[C@H](c2ccc(Cl)c(Cl)c2)C1. The molecular formula is C17H24Cl2N2O3. The molecule has 0 aliphatic carbocycles. The second-order valence-electron chi connectivity index (χ2n) is 6.85. The van der Waals surface area contributed by atoms with Gasteiger partial charge in [-0.2, -0.15) is 0 Å². The van der Waals surface area contributed by atoms with Gasteiger partial charge in [-0.3, -0.25) is 0 Å². The number of amides is 1. The molecule has 2 atom stereocenters. The van der Waals surface area contributed by atoms with E-state index in [2.05, 4.69) is 0 Å². The molecule has 134 valence electrons. The summed E-state index contributed by atoms with van der Waals surface area (Å²) in [5.41, 5.74) is 6.27. The molecule has 0 saturated carbocycles. The summed E-state index contributed by atoms with van der Waals surface area (Å²) in [7, 11) is 0. The maximum absolute atomic E-state index is 12.4. The third kappa shape index (κ3) is 4.99. The zero-order valence-electron chi connectivity index (χ0n) is 14.2. The van der Waals surface area contributed by atoms with Crippen LogP contribution in [0.4, 0.5) is 4.79 Å². The van der Waals surface area contributed by atoms with E-state index in [1.807, 2.05) is 26.8 Å². The van der Waals surface area contributed by atoms with Gasteiger partial charge in [-0.05, 0) is 38.5 Å². The largest absolute Gasteiger partial charge is 0.444 e. The Bertz CT molecular complexity index is 590. The Morgan fingerprint density at radius 3 is 2.67 bits per heavy atom. The number of halogens is 2. The van der Waals surface area contributed by atoms with Crippen LogP contribution in [0.15, 0.2) is 18.2 Å². The quantitative estimate of drug-likeness (QED) is 0.857. The molecule has 2 rings (SSSR count). The lowest BCUT2D eigenvalue weighted by Gasteiger charge is -2.29. The Labute approximate surface area is 153 Å². The van der Waals surface area contributed by atoms with Crippen LogP contribution >= 0.6 is 23.2 Å². The summed E-state index contributed by atoms with van der Waals surface area (Å²) in [5, 5.41) is 0.959. The van der Waals surface area contributed by atoms with Crippen molar-refractivity contribution >= 4 is 29.3 Å². The first-order valence-corrected chi connectivity index (χ1v) is 8.71. The minimum Gasteiger partial charge on any atom is -0.444 e. The van der Waals surface area contributed by atoms with Crippen molar-refractivity contribution in [1.82, 2.24) is 4.90 Å². The standard InChI is InChI=1S/C17H24Cl2N2O3/c1-17(2,3)24-16(22)21-6-7-23-15(9-20)12(10-21)11-4-5-13(18)14(19)8-11/h4-5,8,12,15H,6-7,9-10,20H2,1-3H3/t12-,15+/m0/s1. The van der Waals surface area contributed by atoms with E-state index in [1.54, 1.807) is 17.0 Å². The van der Waals surface area contributed by atoms with Crippen molar-refractivity contribution in [1.29, 1.82) is 0 Å². The highest BCUT2D eigenvalue weighted by Crippen LogP contribution is 2.31. The van der Waals surface area contributed by atoms with E-state index in [0.717, 1.165) is 5.56 Å².